The van der Waals surface area contributed by atoms with Crippen LogP contribution in [0.2, 0.25) is 0 Å². The van der Waals surface area contributed by atoms with Gasteiger partial charge in [-0.1, -0.05) is 25.5 Å². The van der Waals surface area contributed by atoms with Crippen LogP contribution < -0.4 is 0 Å². The lowest BCUT2D eigenvalue weighted by Gasteiger charge is -2.05. The van der Waals surface area contributed by atoms with Crippen LogP contribution in [0.5, 0.6) is 0 Å². The van der Waals surface area contributed by atoms with E-state index in [2.05, 4.69) is 6.92 Å². The summed E-state index contributed by atoms with van der Waals surface area (Å²) in [7, 11) is 0. The van der Waals surface area contributed by atoms with Crippen LogP contribution in [0.3, 0.4) is 0 Å². The van der Waals surface area contributed by atoms with E-state index in [0.717, 1.165) is 50.1 Å². The quantitative estimate of drug-likeness (QED) is 0.572. The monoisotopic (exact) mass is 306 g/mol. The summed E-state index contributed by atoms with van der Waals surface area (Å²) in [5, 5.41) is 0. The number of hydrogen-bond acceptors (Lipinski definition) is 3. The molecule has 5 heteroatoms. The predicted molar refractivity (Wildman–Crippen MR) is 87.4 cm³/mol. The van der Waals surface area contributed by atoms with Crippen molar-refractivity contribution in [3.63, 3.8) is 0 Å². The number of unbranched alkanes of at least 4 members (excludes halogenated alkanes) is 1. The highest BCUT2D eigenvalue weighted by atomic mass is 32.1. The van der Waals surface area contributed by atoms with Gasteiger partial charge in [0.25, 0.3) is 0 Å². The van der Waals surface area contributed by atoms with Crippen molar-refractivity contribution in [3.05, 3.63) is 29.0 Å². The fourth-order valence-electron chi connectivity index (χ4n) is 2.40. The molecule has 0 spiro atoms. The third-order valence-corrected chi connectivity index (χ3v) is 3.87. The number of aryl methyl sites for hydroxylation is 1. The maximum Gasteiger partial charge on any atom is 0.230 e. The Kier molecular flexibility index (Phi) is 5.70. The zero-order valence-electron chi connectivity index (χ0n) is 12.7. The summed E-state index contributed by atoms with van der Waals surface area (Å²) < 4.78 is 9.77. The van der Waals surface area contributed by atoms with E-state index >= 15 is 0 Å². The van der Waals surface area contributed by atoms with Crippen LogP contribution in [0.15, 0.2) is 24.3 Å². The van der Waals surface area contributed by atoms with Crippen molar-refractivity contribution in [2.45, 2.75) is 39.7 Å². The van der Waals surface area contributed by atoms with E-state index in [0.29, 0.717) is 4.77 Å². The summed E-state index contributed by atoms with van der Waals surface area (Å²) in [6, 6.07) is 7.83. The summed E-state index contributed by atoms with van der Waals surface area (Å²) >= 11 is 5.45. The van der Waals surface area contributed by atoms with Crippen molar-refractivity contribution in [1.29, 1.82) is 0 Å². The summed E-state index contributed by atoms with van der Waals surface area (Å²) in [4.78, 5) is 11.8. The predicted octanol–water partition coefficient (Wildman–Crippen LogP) is 4.04. The average molecular weight is 306 g/mol. The van der Waals surface area contributed by atoms with Crippen molar-refractivity contribution in [2.75, 3.05) is 13.2 Å². The van der Waals surface area contributed by atoms with E-state index in [1.54, 1.807) is 11.5 Å². The van der Waals surface area contributed by atoms with E-state index in [9.17, 15) is 4.79 Å². The molecule has 0 N–H and O–H groups in total. The average Bonchev–Trinajstić information content (AvgIpc) is 2.75. The first kappa shape index (κ1) is 15.9. The number of aromatic nitrogens is 2. The van der Waals surface area contributed by atoms with Crippen LogP contribution in [0, 0.1) is 4.77 Å². The van der Waals surface area contributed by atoms with Gasteiger partial charge in [0.05, 0.1) is 11.0 Å². The molecule has 0 bridgehead atoms. The van der Waals surface area contributed by atoms with Crippen molar-refractivity contribution < 1.29 is 9.53 Å². The number of carbonyl (C=O) groups excluding carboxylic acids is 1. The Labute approximate surface area is 130 Å². The minimum absolute atomic E-state index is 0.0471. The standard InChI is InChI=1S/C16H22N2O2S/c1-3-4-11-20-12-7-10-17-14-8-5-6-9-15(14)18(13(2)19)16(17)21/h5-6,8-9H,3-4,7,10-12H2,1-2H3. The minimum Gasteiger partial charge on any atom is -0.381 e. The van der Waals surface area contributed by atoms with Gasteiger partial charge in [-0.05, 0) is 37.2 Å². The molecule has 4 nitrogen and oxygen atoms in total. The first-order valence-electron chi connectivity index (χ1n) is 7.45. The first-order valence-corrected chi connectivity index (χ1v) is 7.86. The summed E-state index contributed by atoms with van der Waals surface area (Å²) in [5.74, 6) is -0.0471. The molecule has 0 aliphatic rings. The molecule has 2 rings (SSSR count). The topological polar surface area (TPSA) is 36.2 Å². The second-order valence-corrected chi connectivity index (χ2v) is 5.46. The molecule has 0 unspecified atom stereocenters. The number of rotatable bonds is 7. The Bertz CT molecular complexity index is 672. The number of nitrogens with zero attached hydrogens (tertiary/aromatic N) is 2. The van der Waals surface area contributed by atoms with Crippen LogP contribution in [0.25, 0.3) is 11.0 Å². The fraction of sp³-hybridized carbons (Fsp3) is 0.500. The summed E-state index contributed by atoms with van der Waals surface area (Å²) in [6.45, 7) is 6.00. The Balaban J connectivity index is 2.15. The van der Waals surface area contributed by atoms with Gasteiger partial charge in [-0.3, -0.25) is 9.36 Å². The Morgan fingerprint density at radius 3 is 2.52 bits per heavy atom. The zero-order valence-corrected chi connectivity index (χ0v) is 13.5. The molecule has 0 aliphatic carbocycles. The van der Waals surface area contributed by atoms with Gasteiger partial charge in [-0.15, -0.1) is 0 Å². The molecule has 0 saturated heterocycles. The summed E-state index contributed by atoms with van der Waals surface area (Å²) in [6.07, 6.45) is 3.14. The summed E-state index contributed by atoms with van der Waals surface area (Å²) in [5.41, 5.74) is 1.88. The third-order valence-electron chi connectivity index (χ3n) is 3.46. The lowest BCUT2D eigenvalue weighted by molar-refractivity contribution is 0.0938. The van der Waals surface area contributed by atoms with E-state index in [1.807, 2.05) is 28.8 Å². The molecular weight excluding hydrogens is 284 g/mol. The smallest absolute Gasteiger partial charge is 0.230 e. The Morgan fingerprint density at radius 2 is 1.86 bits per heavy atom. The van der Waals surface area contributed by atoms with Gasteiger partial charge >= 0.3 is 0 Å². The van der Waals surface area contributed by atoms with Crippen molar-refractivity contribution in [3.8, 4) is 0 Å². The molecule has 1 heterocycles. The lowest BCUT2D eigenvalue weighted by atomic mass is 10.3. The molecule has 0 aliphatic heterocycles. The number of benzene rings is 1. The molecule has 114 valence electrons. The van der Waals surface area contributed by atoms with E-state index in [4.69, 9.17) is 17.0 Å². The second-order valence-electron chi connectivity index (χ2n) is 5.10. The SMILES string of the molecule is CCCCOCCCn1c(=S)n(C(C)=O)c2ccccc21. The molecule has 0 amide bonds. The molecule has 21 heavy (non-hydrogen) atoms. The highest BCUT2D eigenvalue weighted by Gasteiger charge is 2.12. The third kappa shape index (κ3) is 3.60. The van der Waals surface area contributed by atoms with Crippen molar-refractivity contribution in [2.24, 2.45) is 0 Å². The second kappa shape index (κ2) is 7.52. The number of fused-ring (bicyclic) bond motifs is 1. The van der Waals surface area contributed by atoms with Gasteiger partial charge in [0.15, 0.2) is 4.77 Å². The molecule has 0 atom stereocenters. The minimum atomic E-state index is -0.0471. The van der Waals surface area contributed by atoms with Crippen LogP contribution in [-0.2, 0) is 11.3 Å². The molecule has 0 radical (unpaired) electrons. The molecule has 0 fully saturated rings. The fourth-order valence-corrected chi connectivity index (χ4v) is 2.82. The van der Waals surface area contributed by atoms with Crippen LogP contribution in [-0.4, -0.2) is 28.3 Å². The van der Waals surface area contributed by atoms with Crippen LogP contribution >= 0.6 is 12.2 Å². The van der Waals surface area contributed by atoms with E-state index in [-0.39, 0.29) is 5.91 Å². The van der Waals surface area contributed by atoms with Crippen LogP contribution in [0.1, 0.15) is 37.9 Å². The van der Waals surface area contributed by atoms with Crippen LogP contribution in [0.4, 0.5) is 0 Å². The number of hydrogen-bond donors (Lipinski definition) is 0. The Hall–Kier alpha value is -1.46. The number of imidazole rings is 1. The zero-order chi connectivity index (χ0) is 15.2. The van der Waals surface area contributed by atoms with Gasteiger partial charge in [0.1, 0.15) is 0 Å². The normalized spacial score (nSPS) is 11.1. The Morgan fingerprint density at radius 1 is 1.19 bits per heavy atom. The van der Waals surface area contributed by atoms with Crippen molar-refractivity contribution in [1.82, 2.24) is 9.13 Å². The highest BCUT2D eigenvalue weighted by molar-refractivity contribution is 7.71. The van der Waals surface area contributed by atoms with E-state index in [1.165, 1.54) is 0 Å². The molecule has 1 aromatic heterocycles. The molecule has 2 aromatic rings. The van der Waals surface area contributed by atoms with Gasteiger partial charge in [0.2, 0.25) is 5.91 Å². The maximum absolute atomic E-state index is 11.8. The van der Waals surface area contributed by atoms with Crippen molar-refractivity contribution >= 4 is 29.2 Å². The highest BCUT2D eigenvalue weighted by Crippen LogP contribution is 2.18. The molecular formula is C16H22N2O2S. The van der Waals surface area contributed by atoms with Gasteiger partial charge in [-0.25, -0.2) is 0 Å². The van der Waals surface area contributed by atoms with Gasteiger partial charge in [0, 0.05) is 26.7 Å². The van der Waals surface area contributed by atoms with Gasteiger partial charge < -0.3 is 9.30 Å². The number of carbonyl (C=O) groups is 1. The number of ether oxygens (including phenoxy) is 1. The molecule has 0 saturated carbocycles. The maximum atomic E-state index is 11.8. The number of para-hydroxylation sites is 2. The first-order chi connectivity index (χ1) is 10.2. The molecule has 1 aromatic carbocycles. The van der Waals surface area contributed by atoms with E-state index < -0.39 is 0 Å². The lowest BCUT2D eigenvalue weighted by Crippen LogP contribution is -2.08. The van der Waals surface area contributed by atoms with Gasteiger partial charge in [-0.2, -0.15) is 0 Å². The largest absolute Gasteiger partial charge is 0.381 e.